The molecule has 0 aliphatic carbocycles. The summed E-state index contributed by atoms with van der Waals surface area (Å²) in [4.78, 5) is 0. The van der Waals surface area contributed by atoms with Gasteiger partial charge in [-0.2, -0.15) is 0 Å². The van der Waals surface area contributed by atoms with Gasteiger partial charge in [0.1, 0.15) is 0 Å². The van der Waals surface area contributed by atoms with E-state index in [4.69, 9.17) is 0 Å². The van der Waals surface area contributed by atoms with Gasteiger partial charge in [0.15, 0.2) is 0 Å². The normalized spacial score (nSPS) is 34.7. The van der Waals surface area contributed by atoms with E-state index in [0.717, 1.165) is 6.54 Å². The first kappa shape index (κ1) is 17.0. The van der Waals surface area contributed by atoms with Crippen LogP contribution >= 0.6 is 0 Å². The lowest BCUT2D eigenvalue weighted by Gasteiger charge is -2.45. The van der Waals surface area contributed by atoms with Crippen LogP contribution in [0.2, 0.25) is 0 Å². The Bertz CT molecular complexity index is 275. The van der Waals surface area contributed by atoms with E-state index in [9.17, 15) is 0 Å². The second kappa shape index (κ2) is 5.39. The van der Waals surface area contributed by atoms with Gasteiger partial charge in [-0.1, -0.05) is 48.5 Å². The van der Waals surface area contributed by atoms with Crippen molar-refractivity contribution in [1.82, 2.24) is 5.32 Å². The summed E-state index contributed by atoms with van der Waals surface area (Å²) in [5, 5.41) is 3.88. The highest BCUT2D eigenvalue weighted by Gasteiger charge is 2.37. The van der Waals surface area contributed by atoms with Gasteiger partial charge in [0.05, 0.1) is 0 Å². The SMILES string of the molecule is CCC1(C)CCC(C)(C)CC(C)(C)CC(C)(C)CN1. The van der Waals surface area contributed by atoms with Crippen molar-refractivity contribution in [1.29, 1.82) is 0 Å². The van der Waals surface area contributed by atoms with Gasteiger partial charge in [0, 0.05) is 12.1 Å². The highest BCUT2D eigenvalue weighted by molar-refractivity contribution is 4.92. The highest BCUT2D eigenvalue weighted by atomic mass is 15.0. The summed E-state index contributed by atoms with van der Waals surface area (Å²) in [5.74, 6) is 0. The van der Waals surface area contributed by atoms with Crippen LogP contribution in [0, 0.1) is 16.2 Å². The summed E-state index contributed by atoms with van der Waals surface area (Å²) in [6.45, 7) is 20.5. The Kier molecular flexibility index (Phi) is 4.83. The molecule has 0 spiro atoms. The molecule has 1 aliphatic rings. The fourth-order valence-corrected chi connectivity index (χ4v) is 4.26. The first-order chi connectivity index (χ1) is 8.39. The van der Waals surface area contributed by atoms with Gasteiger partial charge in [-0.3, -0.25) is 0 Å². The van der Waals surface area contributed by atoms with Crippen LogP contribution in [0.15, 0.2) is 0 Å². The molecule has 1 fully saturated rings. The van der Waals surface area contributed by atoms with Crippen LogP contribution in [-0.2, 0) is 0 Å². The van der Waals surface area contributed by atoms with Crippen LogP contribution in [-0.4, -0.2) is 12.1 Å². The molecule has 0 aromatic heterocycles. The zero-order valence-electron chi connectivity index (χ0n) is 14.7. The zero-order valence-corrected chi connectivity index (χ0v) is 14.7. The van der Waals surface area contributed by atoms with Crippen LogP contribution in [0.5, 0.6) is 0 Å². The molecule has 1 N–H and O–H groups in total. The van der Waals surface area contributed by atoms with E-state index < -0.39 is 0 Å². The summed E-state index contributed by atoms with van der Waals surface area (Å²) in [7, 11) is 0. The second-order valence-corrected chi connectivity index (χ2v) is 9.61. The number of hydrogen-bond acceptors (Lipinski definition) is 1. The second-order valence-electron chi connectivity index (χ2n) is 9.61. The van der Waals surface area contributed by atoms with E-state index in [2.05, 4.69) is 60.7 Å². The van der Waals surface area contributed by atoms with E-state index in [0.29, 0.717) is 21.8 Å². The Labute approximate surface area is 121 Å². The molecule has 0 amide bonds. The molecule has 1 heteroatoms. The van der Waals surface area contributed by atoms with E-state index >= 15 is 0 Å². The van der Waals surface area contributed by atoms with Crippen molar-refractivity contribution in [3.8, 4) is 0 Å². The Morgan fingerprint density at radius 1 is 0.737 bits per heavy atom. The van der Waals surface area contributed by atoms with Gasteiger partial charge in [-0.25, -0.2) is 0 Å². The summed E-state index contributed by atoms with van der Waals surface area (Å²) in [5.41, 5.74) is 1.59. The molecule has 0 aromatic carbocycles. The maximum atomic E-state index is 3.88. The van der Waals surface area contributed by atoms with Crippen LogP contribution < -0.4 is 5.32 Å². The fraction of sp³-hybridized carbons (Fsp3) is 1.00. The molecule has 1 nitrogen and oxygen atoms in total. The molecule has 1 unspecified atom stereocenters. The standard InChI is InChI=1S/C18H37N/c1-9-18(8)11-10-15(2,3)12-16(4,5)13-17(6,7)14-19-18/h19H,9-14H2,1-8H3. The minimum absolute atomic E-state index is 0.315. The molecule has 1 rings (SSSR count). The summed E-state index contributed by atoms with van der Waals surface area (Å²) < 4.78 is 0. The molecular weight excluding hydrogens is 230 g/mol. The molecule has 1 saturated heterocycles. The van der Waals surface area contributed by atoms with Crippen LogP contribution in [0.4, 0.5) is 0 Å². The Balaban J connectivity index is 2.95. The predicted octanol–water partition coefficient (Wildman–Crippen LogP) is 5.40. The topological polar surface area (TPSA) is 12.0 Å². The average molecular weight is 268 g/mol. The van der Waals surface area contributed by atoms with Crippen LogP contribution in [0.3, 0.4) is 0 Å². The number of nitrogens with one attached hydrogen (secondary N) is 1. The van der Waals surface area contributed by atoms with E-state index in [1.54, 1.807) is 0 Å². The molecule has 0 bridgehead atoms. The predicted molar refractivity (Wildman–Crippen MR) is 86.5 cm³/mol. The van der Waals surface area contributed by atoms with Gasteiger partial charge in [0.2, 0.25) is 0 Å². The first-order valence-electron chi connectivity index (χ1n) is 8.14. The van der Waals surface area contributed by atoms with Crippen molar-refractivity contribution in [2.75, 3.05) is 6.54 Å². The van der Waals surface area contributed by atoms with Gasteiger partial charge >= 0.3 is 0 Å². The van der Waals surface area contributed by atoms with Gasteiger partial charge in [-0.05, 0) is 55.3 Å². The van der Waals surface area contributed by atoms with E-state index in [1.165, 1.54) is 32.1 Å². The van der Waals surface area contributed by atoms with E-state index in [1.807, 2.05) is 0 Å². The molecule has 1 atom stereocenters. The van der Waals surface area contributed by atoms with Crippen molar-refractivity contribution < 1.29 is 0 Å². The third-order valence-corrected chi connectivity index (χ3v) is 5.04. The Morgan fingerprint density at radius 3 is 1.79 bits per heavy atom. The van der Waals surface area contributed by atoms with Gasteiger partial charge < -0.3 is 5.32 Å². The molecule has 0 aromatic rings. The van der Waals surface area contributed by atoms with Gasteiger partial charge in [-0.15, -0.1) is 0 Å². The maximum absolute atomic E-state index is 3.88. The minimum atomic E-state index is 0.315. The summed E-state index contributed by atoms with van der Waals surface area (Å²) in [6.07, 6.45) is 6.48. The minimum Gasteiger partial charge on any atom is -0.311 e. The lowest BCUT2D eigenvalue weighted by atomic mass is 9.65. The lowest BCUT2D eigenvalue weighted by molar-refractivity contribution is 0.0860. The average Bonchev–Trinajstić information content (AvgIpc) is 2.20. The third kappa shape index (κ3) is 5.45. The molecule has 114 valence electrons. The van der Waals surface area contributed by atoms with E-state index in [-0.39, 0.29) is 0 Å². The number of rotatable bonds is 1. The summed E-state index contributed by atoms with van der Waals surface area (Å²) >= 11 is 0. The smallest absolute Gasteiger partial charge is 0.0151 e. The van der Waals surface area contributed by atoms with Crippen molar-refractivity contribution in [2.24, 2.45) is 16.2 Å². The van der Waals surface area contributed by atoms with Crippen LogP contribution in [0.25, 0.3) is 0 Å². The zero-order chi connectivity index (χ0) is 14.9. The molecule has 1 heterocycles. The molecular formula is C18H37N. The van der Waals surface area contributed by atoms with Crippen molar-refractivity contribution in [2.45, 2.75) is 93.0 Å². The molecule has 1 aliphatic heterocycles. The third-order valence-electron chi connectivity index (χ3n) is 5.04. The lowest BCUT2D eigenvalue weighted by Crippen LogP contribution is -2.48. The first-order valence-corrected chi connectivity index (χ1v) is 8.14. The number of hydrogen-bond donors (Lipinski definition) is 1. The molecule has 19 heavy (non-hydrogen) atoms. The maximum Gasteiger partial charge on any atom is 0.0151 e. The monoisotopic (exact) mass is 267 g/mol. The van der Waals surface area contributed by atoms with Crippen LogP contribution in [0.1, 0.15) is 87.5 Å². The molecule has 0 radical (unpaired) electrons. The Hall–Kier alpha value is -0.0400. The quantitative estimate of drug-likeness (QED) is 0.671. The highest BCUT2D eigenvalue weighted by Crippen LogP contribution is 2.45. The molecule has 0 saturated carbocycles. The van der Waals surface area contributed by atoms with Crippen molar-refractivity contribution in [3.63, 3.8) is 0 Å². The fourth-order valence-electron chi connectivity index (χ4n) is 4.26. The Morgan fingerprint density at radius 2 is 1.26 bits per heavy atom. The van der Waals surface area contributed by atoms with Gasteiger partial charge in [0.25, 0.3) is 0 Å². The summed E-state index contributed by atoms with van der Waals surface area (Å²) in [6, 6.07) is 0. The van der Waals surface area contributed by atoms with Crippen molar-refractivity contribution >= 4 is 0 Å². The largest absolute Gasteiger partial charge is 0.311 e. The van der Waals surface area contributed by atoms with Crippen molar-refractivity contribution in [3.05, 3.63) is 0 Å².